The van der Waals surface area contributed by atoms with Crippen molar-refractivity contribution < 1.29 is 0 Å². The van der Waals surface area contributed by atoms with Crippen LogP contribution in [0.15, 0.2) is 24.3 Å². The zero-order chi connectivity index (χ0) is 8.55. The van der Waals surface area contributed by atoms with Crippen molar-refractivity contribution in [3.8, 4) is 0 Å². The number of benzene rings is 1. The van der Waals surface area contributed by atoms with Crippen LogP contribution in [0.25, 0.3) is 5.57 Å². The van der Waals surface area contributed by atoms with Crippen molar-refractivity contribution >= 4 is 11.3 Å². The monoisotopic (exact) mass is 159 g/mol. The van der Waals surface area contributed by atoms with Crippen molar-refractivity contribution in [1.29, 1.82) is 0 Å². The normalized spacial score (nSPS) is 14.7. The standard InChI is InChI=1S/C11H13N/c1-8-3-4-10-9(2)5-6-12-11(10)7-8/h3-5,7,12H,6H2,1-2H3. The summed E-state index contributed by atoms with van der Waals surface area (Å²) in [5.41, 5.74) is 5.31. The van der Waals surface area contributed by atoms with Gasteiger partial charge in [0.15, 0.2) is 0 Å². The zero-order valence-corrected chi connectivity index (χ0v) is 7.52. The molecule has 1 nitrogen and oxygen atoms in total. The second-order valence-corrected chi connectivity index (χ2v) is 3.32. The van der Waals surface area contributed by atoms with Gasteiger partial charge in [-0.1, -0.05) is 18.2 Å². The third kappa shape index (κ3) is 1.11. The topological polar surface area (TPSA) is 12.0 Å². The van der Waals surface area contributed by atoms with Crippen LogP contribution in [-0.2, 0) is 0 Å². The number of nitrogens with one attached hydrogen (secondary N) is 1. The van der Waals surface area contributed by atoms with E-state index >= 15 is 0 Å². The Balaban J connectivity index is 2.56. The number of fused-ring (bicyclic) bond motifs is 1. The molecule has 0 aliphatic carbocycles. The molecule has 0 atom stereocenters. The molecule has 1 N–H and O–H groups in total. The Labute approximate surface area is 73.1 Å². The van der Waals surface area contributed by atoms with E-state index in [2.05, 4.69) is 43.4 Å². The maximum absolute atomic E-state index is 3.36. The Hall–Kier alpha value is -1.24. The molecule has 62 valence electrons. The van der Waals surface area contributed by atoms with Crippen molar-refractivity contribution in [3.63, 3.8) is 0 Å². The number of aryl methyl sites for hydroxylation is 1. The fraction of sp³-hybridized carbons (Fsp3) is 0.273. The minimum atomic E-state index is 0.961. The Kier molecular flexibility index (Phi) is 1.65. The highest BCUT2D eigenvalue weighted by molar-refractivity contribution is 5.78. The van der Waals surface area contributed by atoms with Crippen molar-refractivity contribution in [3.05, 3.63) is 35.4 Å². The van der Waals surface area contributed by atoms with Gasteiger partial charge in [0.2, 0.25) is 0 Å². The highest BCUT2D eigenvalue weighted by Gasteiger charge is 2.07. The summed E-state index contributed by atoms with van der Waals surface area (Å²) in [6, 6.07) is 6.54. The lowest BCUT2D eigenvalue weighted by Gasteiger charge is -2.17. The lowest BCUT2D eigenvalue weighted by atomic mass is 10.0. The van der Waals surface area contributed by atoms with Gasteiger partial charge in [-0.15, -0.1) is 0 Å². The van der Waals surface area contributed by atoms with E-state index < -0.39 is 0 Å². The third-order valence-corrected chi connectivity index (χ3v) is 2.30. The maximum atomic E-state index is 3.36. The number of hydrogen-bond acceptors (Lipinski definition) is 1. The van der Waals surface area contributed by atoms with Gasteiger partial charge in [0, 0.05) is 17.8 Å². The summed E-state index contributed by atoms with van der Waals surface area (Å²) in [5.74, 6) is 0. The summed E-state index contributed by atoms with van der Waals surface area (Å²) < 4.78 is 0. The van der Waals surface area contributed by atoms with Crippen LogP contribution in [0.4, 0.5) is 5.69 Å². The second kappa shape index (κ2) is 2.67. The molecule has 0 saturated carbocycles. The smallest absolute Gasteiger partial charge is 0.0421 e. The van der Waals surface area contributed by atoms with Crippen LogP contribution in [0.3, 0.4) is 0 Å². The van der Waals surface area contributed by atoms with Gasteiger partial charge < -0.3 is 5.32 Å². The highest BCUT2D eigenvalue weighted by atomic mass is 14.9. The van der Waals surface area contributed by atoms with Crippen LogP contribution in [0.5, 0.6) is 0 Å². The molecule has 1 heteroatoms. The molecule has 1 aliphatic heterocycles. The molecule has 0 radical (unpaired) electrons. The highest BCUT2D eigenvalue weighted by Crippen LogP contribution is 2.27. The van der Waals surface area contributed by atoms with E-state index in [4.69, 9.17) is 0 Å². The molecule has 0 spiro atoms. The molecule has 1 aromatic rings. The minimum absolute atomic E-state index is 0.961. The molecule has 1 aliphatic rings. The molecule has 0 saturated heterocycles. The second-order valence-electron chi connectivity index (χ2n) is 3.32. The van der Waals surface area contributed by atoms with E-state index in [0.717, 1.165) is 6.54 Å². The Bertz CT molecular complexity index is 337. The molecule has 0 unspecified atom stereocenters. The fourth-order valence-electron chi connectivity index (χ4n) is 1.57. The van der Waals surface area contributed by atoms with Gasteiger partial charge in [-0.3, -0.25) is 0 Å². The summed E-state index contributed by atoms with van der Waals surface area (Å²) in [5, 5.41) is 3.36. The van der Waals surface area contributed by atoms with E-state index in [9.17, 15) is 0 Å². The molecular formula is C11H13N. The number of anilines is 1. The molecule has 12 heavy (non-hydrogen) atoms. The third-order valence-electron chi connectivity index (χ3n) is 2.30. The predicted octanol–water partition coefficient (Wildman–Crippen LogP) is 2.82. The Morgan fingerprint density at radius 3 is 2.92 bits per heavy atom. The van der Waals surface area contributed by atoms with E-state index in [1.54, 1.807) is 0 Å². The van der Waals surface area contributed by atoms with Gasteiger partial charge in [-0.2, -0.15) is 0 Å². The Morgan fingerprint density at radius 2 is 2.08 bits per heavy atom. The summed E-state index contributed by atoms with van der Waals surface area (Å²) in [4.78, 5) is 0. The molecule has 0 aromatic heterocycles. The fourth-order valence-corrected chi connectivity index (χ4v) is 1.57. The quantitative estimate of drug-likeness (QED) is 0.613. The first kappa shape index (κ1) is 7.41. The van der Waals surface area contributed by atoms with Crippen molar-refractivity contribution in [2.75, 3.05) is 11.9 Å². The van der Waals surface area contributed by atoms with E-state index in [1.807, 2.05) is 0 Å². The summed E-state index contributed by atoms with van der Waals surface area (Å²) in [6.45, 7) is 5.24. The zero-order valence-electron chi connectivity index (χ0n) is 7.52. The van der Waals surface area contributed by atoms with Gasteiger partial charge in [0.05, 0.1) is 0 Å². The van der Waals surface area contributed by atoms with E-state index in [-0.39, 0.29) is 0 Å². The first-order chi connectivity index (χ1) is 5.77. The molecule has 1 heterocycles. The van der Waals surface area contributed by atoms with Crippen LogP contribution < -0.4 is 5.32 Å². The average Bonchev–Trinajstić information content (AvgIpc) is 2.04. The van der Waals surface area contributed by atoms with Crippen LogP contribution in [0.1, 0.15) is 18.1 Å². The summed E-state index contributed by atoms with van der Waals surface area (Å²) in [6.07, 6.45) is 2.22. The molecule has 2 rings (SSSR count). The van der Waals surface area contributed by atoms with Gasteiger partial charge >= 0.3 is 0 Å². The van der Waals surface area contributed by atoms with Crippen LogP contribution in [0.2, 0.25) is 0 Å². The molecule has 0 fully saturated rings. The molecule has 1 aromatic carbocycles. The van der Waals surface area contributed by atoms with Gasteiger partial charge in [-0.25, -0.2) is 0 Å². The van der Waals surface area contributed by atoms with Crippen LogP contribution in [0, 0.1) is 6.92 Å². The summed E-state index contributed by atoms with van der Waals surface area (Å²) in [7, 11) is 0. The number of allylic oxidation sites excluding steroid dienone is 1. The first-order valence-corrected chi connectivity index (χ1v) is 4.29. The van der Waals surface area contributed by atoms with Crippen molar-refractivity contribution in [2.24, 2.45) is 0 Å². The number of hydrogen-bond donors (Lipinski definition) is 1. The molecular weight excluding hydrogens is 146 g/mol. The lowest BCUT2D eigenvalue weighted by Crippen LogP contribution is -2.06. The Morgan fingerprint density at radius 1 is 1.25 bits per heavy atom. The summed E-state index contributed by atoms with van der Waals surface area (Å²) >= 11 is 0. The van der Waals surface area contributed by atoms with Gasteiger partial charge in [-0.05, 0) is 31.1 Å². The lowest BCUT2D eigenvalue weighted by molar-refractivity contribution is 1.27. The average molecular weight is 159 g/mol. The maximum Gasteiger partial charge on any atom is 0.0421 e. The van der Waals surface area contributed by atoms with Crippen LogP contribution in [-0.4, -0.2) is 6.54 Å². The van der Waals surface area contributed by atoms with E-state index in [0.29, 0.717) is 0 Å². The van der Waals surface area contributed by atoms with Crippen molar-refractivity contribution in [2.45, 2.75) is 13.8 Å². The van der Waals surface area contributed by atoms with Gasteiger partial charge in [0.1, 0.15) is 0 Å². The largest absolute Gasteiger partial charge is 0.381 e. The van der Waals surface area contributed by atoms with Gasteiger partial charge in [0.25, 0.3) is 0 Å². The minimum Gasteiger partial charge on any atom is -0.381 e. The SMILES string of the molecule is CC1=CCNc2cc(C)ccc21. The van der Waals surface area contributed by atoms with E-state index in [1.165, 1.54) is 22.4 Å². The molecule has 0 bridgehead atoms. The van der Waals surface area contributed by atoms with Crippen molar-refractivity contribution in [1.82, 2.24) is 0 Å². The number of rotatable bonds is 0. The van der Waals surface area contributed by atoms with Crippen LogP contribution >= 0.6 is 0 Å². The predicted molar refractivity (Wildman–Crippen MR) is 53.3 cm³/mol. The first-order valence-electron chi connectivity index (χ1n) is 4.29. The molecule has 0 amide bonds.